The lowest BCUT2D eigenvalue weighted by atomic mass is 9.75. The molecule has 4 rings (SSSR count). The summed E-state index contributed by atoms with van der Waals surface area (Å²) in [4.78, 5) is 29.4. The molecule has 1 aliphatic carbocycles. The summed E-state index contributed by atoms with van der Waals surface area (Å²) in [6.45, 7) is 1.46. The van der Waals surface area contributed by atoms with Crippen LogP contribution in [0.1, 0.15) is 52.1 Å². The predicted molar refractivity (Wildman–Crippen MR) is 107 cm³/mol. The number of benzene rings is 2. The zero-order valence-corrected chi connectivity index (χ0v) is 15.6. The van der Waals surface area contributed by atoms with Crippen molar-refractivity contribution in [1.29, 1.82) is 0 Å². The molecular formula is C23H22N2O3. The van der Waals surface area contributed by atoms with Gasteiger partial charge in [-0.2, -0.15) is 0 Å². The number of aliphatic hydroxyl groups is 1. The number of carbonyl (C=O) groups is 2. The molecule has 28 heavy (non-hydrogen) atoms. The molecule has 0 radical (unpaired) electrons. The van der Waals surface area contributed by atoms with Crippen molar-refractivity contribution in [3.63, 3.8) is 0 Å². The fraction of sp³-hybridized carbons (Fsp3) is 0.261. The zero-order valence-electron chi connectivity index (χ0n) is 15.6. The Bertz CT molecular complexity index is 1040. The highest BCUT2D eigenvalue weighted by Crippen LogP contribution is 2.38. The van der Waals surface area contributed by atoms with Gasteiger partial charge in [0.2, 0.25) is 0 Å². The second-order valence-electron chi connectivity index (χ2n) is 7.40. The Balaban J connectivity index is 1.67. The molecule has 5 heteroatoms. The molecule has 1 atom stereocenters. The third-order valence-corrected chi connectivity index (χ3v) is 5.43. The van der Waals surface area contributed by atoms with E-state index in [1.807, 2.05) is 30.3 Å². The van der Waals surface area contributed by atoms with Crippen LogP contribution in [0, 0.1) is 5.92 Å². The molecule has 1 fully saturated rings. The van der Waals surface area contributed by atoms with Gasteiger partial charge in [0.05, 0.1) is 23.2 Å². The molecule has 0 spiro atoms. The molecule has 0 saturated heterocycles. The number of aliphatic hydroxyl groups excluding tert-OH is 1. The van der Waals surface area contributed by atoms with E-state index in [0.717, 1.165) is 16.5 Å². The van der Waals surface area contributed by atoms with E-state index in [1.54, 1.807) is 30.5 Å². The lowest BCUT2D eigenvalue weighted by molar-refractivity contribution is 0.0235. The molecular weight excluding hydrogens is 352 g/mol. The summed E-state index contributed by atoms with van der Waals surface area (Å²) in [5.41, 5.74) is 2.58. The van der Waals surface area contributed by atoms with E-state index in [0.29, 0.717) is 24.0 Å². The number of Topliss-reactive ketones (excluding diaryl/α,β-unsaturated/α-hetero) is 1. The number of hydrogen-bond acceptors (Lipinski definition) is 4. The highest BCUT2D eigenvalue weighted by molar-refractivity contribution is 6.07. The predicted octanol–water partition coefficient (Wildman–Crippen LogP) is 3.68. The number of nitrogens with zero attached hydrogens (tertiary/aromatic N) is 1. The van der Waals surface area contributed by atoms with Crippen LogP contribution in [0.2, 0.25) is 0 Å². The fourth-order valence-electron chi connectivity index (χ4n) is 3.84. The first-order valence-electron chi connectivity index (χ1n) is 9.46. The van der Waals surface area contributed by atoms with Crippen LogP contribution in [0.3, 0.4) is 0 Å². The van der Waals surface area contributed by atoms with Crippen molar-refractivity contribution in [2.45, 2.75) is 31.9 Å². The lowest BCUT2D eigenvalue weighted by Gasteiger charge is -2.38. The van der Waals surface area contributed by atoms with E-state index in [9.17, 15) is 14.7 Å². The molecule has 0 bridgehead atoms. The summed E-state index contributed by atoms with van der Waals surface area (Å²) in [7, 11) is 0. The summed E-state index contributed by atoms with van der Waals surface area (Å²) < 4.78 is 0. The Morgan fingerprint density at radius 1 is 1.07 bits per heavy atom. The number of para-hydroxylation sites is 1. The van der Waals surface area contributed by atoms with Crippen molar-refractivity contribution in [2.75, 3.05) is 0 Å². The van der Waals surface area contributed by atoms with Gasteiger partial charge in [0.15, 0.2) is 5.78 Å². The Morgan fingerprint density at radius 3 is 2.46 bits per heavy atom. The molecule has 1 aliphatic rings. The van der Waals surface area contributed by atoms with Gasteiger partial charge < -0.3 is 10.4 Å². The third-order valence-electron chi connectivity index (χ3n) is 5.43. The monoisotopic (exact) mass is 374 g/mol. The van der Waals surface area contributed by atoms with Crippen molar-refractivity contribution in [3.05, 3.63) is 77.5 Å². The van der Waals surface area contributed by atoms with E-state index in [-0.39, 0.29) is 29.8 Å². The summed E-state index contributed by atoms with van der Waals surface area (Å²) in [5.74, 6) is -0.300. The SMILES string of the molecule is CC(=O)c1ccccc1C(=O)NC(c1cnc2ccccc2c1)C1CC(O)C1. The van der Waals surface area contributed by atoms with Gasteiger partial charge in [-0.3, -0.25) is 14.6 Å². The minimum Gasteiger partial charge on any atom is -0.393 e. The maximum Gasteiger partial charge on any atom is 0.252 e. The molecule has 2 aromatic carbocycles. The van der Waals surface area contributed by atoms with Crippen LogP contribution in [0.5, 0.6) is 0 Å². The van der Waals surface area contributed by atoms with E-state index in [1.165, 1.54) is 6.92 Å². The Kier molecular flexibility index (Phi) is 4.92. The first kappa shape index (κ1) is 18.3. The van der Waals surface area contributed by atoms with Gasteiger partial charge in [-0.1, -0.05) is 36.4 Å². The van der Waals surface area contributed by atoms with Crippen molar-refractivity contribution in [2.24, 2.45) is 5.92 Å². The molecule has 0 aliphatic heterocycles. The molecule has 3 aromatic rings. The second-order valence-corrected chi connectivity index (χ2v) is 7.40. The maximum atomic E-state index is 13.0. The van der Waals surface area contributed by atoms with Gasteiger partial charge in [-0.15, -0.1) is 0 Å². The molecule has 1 amide bonds. The van der Waals surface area contributed by atoms with Crippen LogP contribution in [0.25, 0.3) is 10.9 Å². The maximum absolute atomic E-state index is 13.0. The van der Waals surface area contributed by atoms with Gasteiger partial charge in [-0.25, -0.2) is 0 Å². The summed E-state index contributed by atoms with van der Waals surface area (Å²) in [6.07, 6.45) is 2.72. The minimum absolute atomic E-state index is 0.131. The number of fused-ring (bicyclic) bond motifs is 1. The minimum atomic E-state index is -0.331. The molecule has 2 N–H and O–H groups in total. The summed E-state index contributed by atoms with van der Waals surface area (Å²) in [6, 6.07) is 16.4. The first-order valence-corrected chi connectivity index (χ1v) is 9.46. The highest BCUT2D eigenvalue weighted by atomic mass is 16.3. The highest BCUT2D eigenvalue weighted by Gasteiger charge is 2.36. The number of nitrogens with one attached hydrogen (secondary N) is 1. The van der Waals surface area contributed by atoms with E-state index >= 15 is 0 Å². The van der Waals surface area contributed by atoms with Gasteiger partial charge in [0.25, 0.3) is 5.91 Å². The van der Waals surface area contributed by atoms with Crippen LogP contribution in [-0.2, 0) is 0 Å². The van der Waals surface area contributed by atoms with Crippen LogP contribution in [0.15, 0.2) is 60.8 Å². The summed E-state index contributed by atoms with van der Waals surface area (Å²) >= 11 is 0. The smallest absolute Gasteiger partial charge is 0.252 e. The number of aromatic nitrogens is 1. The number of ketones is 1. The number of hydrogen-bond donors (Lipinski definition) is 2. The zero-order chi connectivity index (χ0) is 19.7. The number of carbonyl (C=O) groups excluding carboxylic acids is 2. The van der Waals surface area contributed by atoms with Crippen LogP contribution in [-0.4, -0.2) is 27.9 Å². The lowest BCUT2D eigenvalue weighted by Crippen LogP contribution is -2.41. The third kappa shape index (κ3) is 3.53. The summed E-state index contributed by atoms with van der Waals surface area (Å²) in [5, 5.41) is 13.9. The normalized spacial score (nSPS) is 19.6. The van der Waals surface area contributed by atoms with Crippen molar-refractivity contribution < 1.29 is 14.7 Å². The van der Waals surface area contributed by atoms with E-state index in [4.69, 9.17) is 0 Å². The molecule has 1 unspecified atom stereocenters. The van der Waals surface area contributed by atoms with Crippen molar-refractivity contribution >= 4 is 22.6 Å². The number of amides is 1. The Morgan fingerprint density at radius 2 is 1.75 bits per heavy atom. The molecule has 1 saturated carbocycles. The first-order chi connectivity index (χ1) is 13.5. The molecule has 142 valence electrons. The largest absolute Gasteiger partial charge is 0.393 e. The Hall–Kier alpha value is -3.05. The molecule has 1 aromatic heterocycles. The van der Waals surface area contributed by atoms with Crippen LogP contribution < -0.4 is 5.32 Å². The van der Waals surface area contributed by atoms with E-state index in [2.05, 4.69) is 10.3 Å². The average Bonchev–Trinajstić information content (AvgIpc) is 2.69. The van der Waals surface area contributed by atoms with Gasteiger partial charge in [0, 0.05) is 17.1 Å². The topological polar surface area (TPSA) is 79.3 Å². The second kappa shape index (κ2) is 7.52. The van der Waals surface area contributed by atoms with Gasteiger partial charge in [0.1, 0.15) is 0 Å². The number of pyridine rings is 1. The fourth-order valence-corrected chi connectivity index (χ4v) is 3.84. The van der Waals surface area contributed by atoms with Crippen LogP contribution >= 0.6 is 0 Å². The Labute approximate surface area is 163 Å². The van der Waals surface area contributed by atoms with Crippen LogP contribution in [0.4, 0.5) is 0 Å². The van der Waals surface area contributed by atoms with Gasteiger partial charge >= 0.3 is 0 Å². The molecule has 5 nitrogen and oxygen atoms in total. The standard InChI is InChI=1S/C23H22N2O3/c1-14(26)19-7-3-4-8-20(19)23(28)25-22(16-11-18(27)12-16)17-10-15-6-2-5-9-21(15)24-13-17/h2-10,13,16,18,22,27H,11-12H2,1H3,(H,25,28). The number of rotatable bonds is 5. The van der Waals surface area contributed by atoms with E-state index < -0.39 is 0 Å². The quantitative estimate of drug-likeness (QED) is 0.668. The average molecular weight is 374 g/mol. The molecule has 1 heterocycles. The van der Waals surface area contributed by atoms with Gasteiger partial charge in [-0.05, 0) is 49.4 Å². The van der Waals surface area contributed by atoms with Crippen molar-refractivity contribution in [1.82, 2.24) is 10.3 Å². The van der Waals surface area contributed by atoms with Crippen molar-refractivity contribution in [3.8, 4) is 0 Å².